The van der Waals surface area contributed by atoms with Crippen LogP contribution in [0.25, 0.3) is 22.5 Å². The van der Waals surface area contributed by atoms with Gasteiger partial charge in [-0.15, -0.1) is 32.9 Å². The number of methoxy groups -OCH3 is 1. The lowest BCUT2D eigenvalue weighted by Gasteiger charge is -2.10. The number of nitrogens with one attached hydrogen (secondary N) is 1. The summed E-state index contributed by atoms with van der Waals surface area (Å²) in [5.74, 6) is 0.174. The average molecular weight is 513 g/mol. The molecule has 1 amide bonds. The Morgan fingerprint density at radius 2 is 1.88 bits per heavy atom. The van der Waals surface area contributed by atoms with E-state index in [2.05, 4.69) is 21.6 Å². The topological polar surface area (TPSA) is 86.1 Å². The van der Waals surface area contributed by atoms with Crippen LogP contribution >= 0.6 is 34.4 Å². The molecule has 0 aliphatic rings. The number of amides is 1. The largest absolute Gasteiger partial charge is 0.465 e. The van der Waals surface area contributed by atoms with E-state index in [1.807, 2.05) is 61.3 Å². The van der Waals surface area contributed by atoms with E-state index in [-0.39, 0.29) is 11.7 Å². The van der Waals surface area contributed by atoms with E-state index < -0.39 is 5.97 Å². The predicted molar refractivity (Wildman–Crippen MR) is 139 cm³/mol. The Balaban J connectivity index is 1.51. The number of esters is 1. The fraction of sp³-hybridized carbons (Fsp3) is 0.250. The highest BCUT2D eigenvalue weighted by atomic mass is 32.2. The number of hydrogen-bond donors (Lipinski definition) is 1. The molecule has 0 spiro atoms. The number of anilines is 1. The molecule has 176 valence electrons. The molecule has 34 heavy (non-hydrogen) atoms. The second-order valence-electron chi connectivity index (χ2n) is 7.81. The third kappa shape index (κ3) is 4.94. The van der Waals surface area contributed by atoms with Crippen LogP contribution in [0, 0.1) is 20.8 Å². The molecule has 0 atom stereocenters. The second-order valence-corrected chi connectivity index (χ2v) is 10.7. The maximum absolute atomic E-state index is 12.8. The van der Waals surface area contributed by atoms with Crippen molar-refractivity contribution in [2.45, 2.75) is 25.9 Å². The number of hydrogen-bond acceptors (Lipinski definition) is 8. The van der Waals surface area contributed by atoms with Crippen LogP contribution in [0.15, 0.2) is 40.2 Å². The summed E-state index contributed by atoms with van der Waals surface area (Å²) in [6.45, 7) is 6.04. The van der Waals surface area contributed by atoms with Gasteiger partial charge in [-0.3, -0.25) is 4.79 Å². The summed E-state index contributed by atoms with van der Waals surface area (Å²) >= 11 is 4.26. The van der Waals surface area contributed by atoms with Gasteiger partial charge < -0.3 is 14.6 Å². The van der Waals surface area contributed by atoms with Gasteiger partial charge in [0.25, 0.3) is 0 Å². The number of carbonyl (C=O) groups is 2. The molecule has 0 unspecified atom stereocenters. The summed E-state index contributed by atoms with van der Waals surface area (Å²) in [6.07, 6.45) is 0. The molecule has 3 heterocycles. The van der Waals surface area contributed by atoms with Crippen LogP contribution in [-0.2, 0) is 16.6 Å². The van der Waals surface area contributed by atoms with Gasteiger partial charge in [-0.25, -0.2) is 4.79 Å². The smallest absolute Gasteiger partial charge is 0.341 e. The molecule has 10 heteroatoms. The zero-order valence-corrected chi connectivity index (χ0v) is 21.9. The lowest BCUT2D eigenvalue weighted by atomic mass is 9.97. The van der Waals surface area contributed by atoms with Gasteiger partial charge in [0.05, 0.1) is 12.9 Å². The Bertz CT molecular complexity index is 1370. The highest BCUT2D eigenvalue weighted by Crippen LogP contribution is 2.38. The van der Waals surface area contributed by atoms with Gasteiger partial charge in [0, 0.05) is 33.8 Å². The quantitative estimate of drug-likeness (QED) is 0.252. The average Bonchev–Trinajstić information content (AvgIpc) is 3.52. The van der Waals surface area contributed by atoms with E-state index in [4.69, 9.17) is 4.74 Å². The summed E-state index contributed by atoms with van der Waals surface area (Å²) in [4.78, 5) is 26.6. The fourth-order valence-electron chi connectivity index (χ4n) is 3.52. The third-order valence-electron chi connectivity index (χ3n) is 5.27. The summed E-state index contributed by atoms with van der Waals surface area (Å²) < 4.78 is 6.91. The van der Waals surface area contributed by atoms with Crippen LogP contribution in [0.3, 0.4) is 0 Å². The number of nitrogens with zero attached hydrogens (tertiary/aromatic N) is 3. The monoisotopic (exact) mass is 512 g/mol. The van der Waals surface area contributed by atoms with E-state index in [1.54, 1.807) is 11.3 Å². The maximum Gasteiger partial charge on any atom is 0.341 e. The number of thioether (sulfide) groups is 1. The van der Waals surface area contributed by atoms with E-state index in [0.29, 0.717) is 15.7 Å². The van der Waals surface area contributed by atoms with Gasteiger partial charge in [0.15, 0.2) is 11.0 Å². The number of aromatic nitrogens is 3. The molecule has 0 bridgehead atoms. The summed E-state index contributed by atoms with van der Waals surface area (Å²) in [6, 6.07) is 8.14. The Morgan fingerprint density at radius 1 is 1.09 bits per heavy atom. The van der Waals surface area contributed by atoms with Crippen LogP contribution < -0.4 is 5.32 Å². The molecule has 4 rings (SSSR count). The first-order valence-corrected chi connectivity index (χ1v) is 13.2. The molecule has 1 aromatic carbocycles. The first-order valence-electron chi connectivity index (χ1n) is 10.4. The normalized spacial score (nSPS) is 11.0. The summed E-state index contributed by atoms with van der Waals surface area (Å²) in [7, 11) is 3.22. The molecule has 0 aliphatic carbocycles. The molecule has 0 aliphatic heterocycles. The van der Waals surface area contributed by atoms with Gasteiger partial charge in [0.2, 0.25) is 5.91 Å². The van der Waals surface area contributed by atoms with Gasteiger partial charge in [0.1, 0.15) is 10.6 Å². The van der Waals surface area contributed by atoms with Crippen molar-refractivity contribution < 1.29 is 14.3 Å². The van der Waals surface area contributed by atoms with Gasteiger partial charge in [-0.1, -0.05) is 35.5 Å². The van der Waals surface area contributed by atoms with Gasteiger partial charge >= 0.3 is 5.97 Å². The zero-order chi connectivity index (χ0) is 24.4. The van der Waals surface area contributed by atoms with E-state index in [1.165, 1.54) is 35.1 Å². The van der Waals surface area contributed by atoms with Crippen molar-refractivity contribution in [1.82, 2.24) is 14.8 Å². The van der Waals surface area contributed by atoms with Gasteiger partial charge in [-0.05, 0) is 38.0 Å². The Hall–Kier alpha value is -2.95. The van der Waals surface area contributed by atoms with Crippen LogP contribution in [0.2, 0.25) is 0 Å². The molecule has 4 aromatic rings. The Labute approximate surface area is 210 Å². The molecule has 0 fully saturated rings. The summed E-state index contributed by atoms with van der Waals surface area (Å²) in [5.41, 5.74) is 5.21. The molecule has 3 aromatic heterocycles. The highest BCUT2D eigenvalue weighted by Gasteiger charge is 2.23. The van der Waals surface area contributed by atoms with Crippen LogP contribution in [0.4, 0.5) is 5.00 Å². The Morgan fingerprint density at radius 3 is 2.59 bits per heavy atom. The number of benzene rings is 1. The molecular formula is C24H24N4O3S3. The van der Waals surface area contributed by atoms with Crippen LogP contribution in [0.1, 0.15) is 26.4 Å². The molecule has 0 saturated heterocycles. The molecule has 0 saturated carbocycles. The minimum atomic E-state index is -0.482. The van der Waals surface area contributed by atoms with Gasteiger partial charge in [-0.2, -0.15) is 0 Å². The van der Waals surface area contributed by atoms with Crippen LogP contribution in [0.5, 0.6) is 0 Å². The number of ether oxygens (including phenoxy) is 1. The molecule has 0 radical (unpaired) electrons. The number of aryl methyl sites for hydroxylation is 3. The molecule has 7 nitrogen and oxygen atoms in total. The first kappa shape index (κ1) is 24.2. The fourth-order valence-corrected chi connectivity index (χ4v) is 5.88. The Kier molecular flexibility index (Phi) is 7.20. The second kappa shape index (κ2) is 10.1. The van der Waals surface area contributed by atoms with Crippen molar-refractivity contribution >= 4 is 51.3 Å². The van der Waals surface area contributed by atoms with Crippen molar-refractivity contribution in [2.24, 2.45) is 7.05 Å². The standard InChI is InChI=1S/C24H24N4O3S3/c1-13-6-7-14(2)17(8-13)18-11-33-22(20(18)23(30)31-5)25-19(29)12-34-24-27-26-21(28(24)4)16-9-15(3)32-10-16/h6-11H,12H2,1-5H3,(H,25,29). The lowest BCUT2D eigenvalue weighted by Crippen LogP contribution is -2.16. The predicted octanol–water partition coefficient (Wildman–Crippen LogP) is 5.71. The number of rotatable bonds is 7. The minimum Gasteiger partial charge on any atom is -0.465 e. The number of thiophene rings is 2. The van der Waals surface area contributed by atoms with E-state index in [0.717, 1.165) is 33.6 Å². The van der Waals surface area contributed by atoms with E-state index >= 15 is 0 Å². The molecular weight excluding hydrogens is 488 g/mol. The zero-order valence-electron chi connectivity index (χ0n) is 19.5. The third-order valence-corrected chi connectivity index (χ3v) is 8.05. The van der Waals surface area contributed by atoms with Crippen LogP contribution in [-0.4, -0.2) is 39.5 Å². The molecule has 1 N–H and O–H groups in total. The number of carbonyl (C=O) groups excluding carboxylic acids is 2. The minimum absolute atomic E-state index is 0.131. The lowest BCUT2D eigenvalue weighted by molar-refractivity contribution is -0.113. The highest BCUT2D eigenvalue weighted by molar-refractivity contribution is 7.99. The van der Waals surface area contributed by atoms with Crippen molar-refractivity contribution in [3.05, 3.63) is 56.6 Å². The maximum atomic E-state index is 12.8. The first-order chi connectivity index (χ1) is 16.3. The van der Waals surface area contributed by atoms with Crippen molar-refractivity contribution in [2.75, 3.05) is 18.2 Å². The van der Waals surface area contributed by atoms with E-state index in [9.17, 15) is 9.59 Å². The summed E-state index contributed by atoms with van der Waals surface area (Å²) in [5, 5.41) is 16.4. The SMILES string of the molecule is COC(=O)c1c(-c2cc(C)ccc2C)csc1NC(=O)CSc1nnc(-c2csc(C)c2)n1C. The van der Waals surface area contributed by atoms with Crippen molar-refractivity contribution in [3.8, 4) is 22.5 Å². The van der Waals surface area contributed by atoms with Crippen molar-refractivity contribution in [3.63, 3.8) is 0 Å². The van der Waals surface area contributed by atoms with Crippen molar-refractivity contribution in [1.29, 1.82) is 0 Å².